The fourth-order valence-electron chi connectivity index (χ4n) is 2.34. The molecule has 0 spiro atoms. The van der Waals surface area contributed by atoms with Gasteiger partial charge in [0.25, 0.3) is 0 Å². The Balaban J connectivity index is 1.53. The van der Waals surface area contributed by atoms with Crippen LogP contribution in [0.5, 0.6) is 5.75 Å². The molecule has 124 valence electrons. The summed E-state index contributed by atoms with van der Waals surface area (Å²) in [7, 11) is 0. The van der Waals surface area contributed by atoms with Gasteiger partial charge < -0.3 is 14.4 Å². The molecule has 7 nitrogen and oxygen atoms in total. The van der Waals surface area contributed by atoms with Crippen LogP contribution in [-0.2, 0) is 4.74 Å². The van der Waals surface area contributed by atoms with Crippen LogP contribution < -0.4 is 4.74 Å². The zero-order chi connectivity index (χ0) is 16.6. The number of likely N-dealkylation sites (tertiary alicyclic amines) is 1. The normalized spacial score (nSPS) is 15.6. The standard InChI is InChI=1S/C15H19ClN4O3/c1-15(2,3)23-14(21)19-5-10(6-19)8-22-12-4-11(16)7-20-9-17-18-13(12)20/h4,7,9-10H,5-6,8H2,1-3H3. The highest BCUT2D eigenvalue weighted by atomic mass is 35.5. The summed E-state index contributed by atoms with van der Waals surface area (Å²) in [6, 6.07) is 1.72. The van der Waals surface area contributed by atoms with Crippen molar-refractivity contribution < 1.29 is 14.3 Å². The van der Waals surface area contributed by atoms with Gasteiger partial charge in [-0.2, -0.15) is 0 Å². The van der Waals surface area contributed by atoms with Crippen LogP contribution in [0.25, 0.3) is 5.65 Å². The molecule has 0 aromatic carbocycles. The van der Waals surface area contributed by atoms with Crippen LogP contribution in [0.15, 0.2) is 18.6 Å². The first-order valence-electron chi connectivity index (χ1n) is 7.41. The predicted molar refractivity (Wildman–Crippen MR) is 84.8 cm³/mol. The maximum atomic E-state index is 11.9. The van der Waals surface area contributed by atoms with Crippen molar-refractivity contribution in [2.75, 3.05) is 19.7 Å². The molecule has 8 heteroatoms. The van der Waals surface area contributed by atoms with Gasteiger partial charge in [-0.3, -0.25) is 4.40 Å². The molecular formula is C15H19ClN4O3. The van der Waals surface area contributed by atoms with Crippen LogP contribution in [-0.4, -0.2) is 50.9 Å². The van der Waals surface area contributed by atoms with E-state index in [0.717, 1.165) is 0 Å². The highest BCUT2D eigenvalue weighted by Crippen LogP contribution is 2.25. The Labute approximate surface area is 139 Å². The maximum absolute atomic E-state index is 11.9. The number of nitrogens with zero attached hydrogens (tertiary/aromatic N) is 4. The third-order valence-electron chi connectivity index (χ3n) is 3.41. The average molecular weight is 339 g/mol. The van der Waals surface area contributed by atoms with Crippen molar-refractivity contribution in [1.29, 1.82) is 0 Å². The molecule has 2 aromatic heterocycles. The summed E-state index contributed by atoms with van der Waals surface area (Å²) in [5.74, 6) is 0.857. The number of hydrogen-bond donors (Lipinski definition) is 0. The lowest BCUT2D eigenvalue weighted by Crippen LogP contribution is -2.53. The number of pyridine rings is 1. The minimum atomic E-state index is -0.473. The van der Waals surface area contributed by atoms with Gasteiger partial charge in [0.1, 0.15) is 11.9 Å². The van der Waals surface area contributed by atoms with Crippen LogP contribution in [0.1, 0.15) is 20.8 Å². The number of carbonyl (C=O) groups is 1. The van der Waals surface area contributed by atoms with Crippen molar-refractivity contribution >= 4 is 23.3 Å². The Kier molecular flexibility index (Phi) is 4.06. The van der Waals surface area contributed by atoms with Crippen molar-refractivity contribution in [3.63, 3.8) is 0 Å². The van der Waals surface area contributed by atoms with Gasteiger partial charge in [-0.15, -0.1) is 10.2 Å². The Bertz CT molecular complexity index is 719. The van der Waals surface area contributed by atoms with Crippen molar-refractivity contribution in [3.05, 3.63) is 23.6 Å². The molecule has 2 aromatic rings. The summed E-state index contributed by atoms with van der Waals surface area (Å²) < 4.78 is 12.8. The molecule has 3 rings (SSSR count). The van der Waals surface area contributed by atoms with E-state index in [2.05, 4.69) is 10.2 Å². The molecule has 1 aliphatic heterocycles. The highest BCUT2D eigenvalue weighted by molar-refractivity contribution is 6.30. The quantitative estimate of drug-likeness (QED) is 0.860. The minimum Gasteiger partial charge on any atom is -0.489 e. The zero-order valence-corrected chi connectivity index (χ0v) is 14.1. The number of halogens is 1. The molecule has 0 bridgehead atoms. The molecule has 1 amide bonds. The number of rotatable bonds is 3. The van der Waals surface area contributed by atoms with Gasteiger partial charge in [-0.1, -0.05) is 11.6 Å². The summed E-state index contributed by atoms with van der Waals surface area (Å²) in [5, 5.41) is 8.40. The van der Waals surface area contributed by atoms with Crippen molar-refractivity contribution in [2.45, 2.75) is 26.4 Å². The van der Waals surface area contributed by atoms with E-state index < -0.39 is 5.60 Å². The van der Waals surface area contributed by atoms with Gasteiger partial charge in [0.05, 0.1) is 11.6 Å². The fraction of sp³-hybridized carbons (Fsp3) is 0.533. The number of ether oxygens (including phenoxy) is 2. The summed E-state index contributed by atoms with van der Waals surface area (Å²) in [6.45, 7) is 7.30. The summed E-state index contributed by atoms with van der Waals surface area (Å²) in [6.07, 6.45) is 3.01. The van der Waals surface area contributed by atoms with E-state index in [0.29, 0.717) is 36.1 Å². The number of carbonyl (C=O) groups excluding carboxylic acids is 1. The molecule has 0 unspecified atom stereocenters. The zero-order valence-electron chi connectivity index (χ0n) is 13.3. The first kappa shape index (κ1) is 15.9. The molecule has 3 heterocycles. The monoisotopic (exact) mass is 338 g/mol. The van der Waals surface area contributed by atoms with Gasteiger partial charge in [-0.25, -0.2) is 4.79 Å². The van der Waals surface area contributed by atoms with Gasteiger partial charge in [0.2, 0.25) is 5.65 Å². The largest absolute Gasteiger partial charge is 0.489 e. The van der Waals surface area contributed by atoms with Gasteiger partial charge in [0, 0.05) is 31.3 Å². The number of aromatic nitrogens is 3. The van der Waals surface area contributed by atoms with Gasteiger partial charge >= 0.3 is 6.09 Å². The van der Waals surface area contributed by atoms with E-state index in [4.69, 9.17) is 21.1 Å². The second-order valence-electron chi connectivity index (χ2n) is 6.65. The van der Waals surface area contributed by atoms with Crippen LogP contribution >= 0.6 is 11.6 Å². The molecule has 23 heavy (non-hydrogen) atoms. The fourth-order valence-corrected chi connectivity index (χ4v) is 2.54. The second-order valence-corrected chi connectivity index (χ2v) is 7.08. The van der Waals surface area contributed by atoms with E-state index in [1.54, 1.807) is 27.9 Å². The first-order valence-corrected chi connectivity index (χ1v) is 7.79. The number of hydrogen-bond acceptors (Lipinski definition) is 5. The average Bonchev–Trinajstić information content (AvgIpc) is 2.82. The Morgan fingerprint density at radius 1 is 1.43 bits per heavy atom. The lowest BCUT2D eigenvalue weighted by Gasteiger charge is -2.39. The molecule has 1 fully saturated rings. The molecule has 0 saturated carbocycles. The van der Waals surface area contributed by atoms with Crippen molar-refractivity contribution in [2.24, 2.45) is 5.92 Å². The Morgan fingerprint density at radius 2 is 2.17 bits per heavy atom. The van der Waals surface area contributed by atoms with Crippen molar-refractivity contribution in [3.8, 4) is 5.75 Å². The molecule has 0 radical (unpaired) electrons. The van der Waals surface area contributed by atoms with E-state index >= 15 is 0 Å². The summed E-state index contributed by atoms with van der Waals surface area (Å²) in [5.41, 5.74) is 0.149. The molecule has 0 atom stereocenters. The minimum absolute atomic E-state index is 0.268. The summed E-state index contributed by atoms with van der Waals surface area (Å²) >= 11 is 6.04. The highest BCUT2D eigenvalue weighted by Gasteiger charge is 2.34. The lowest BCUT2D eigenvalue weighted by molar-refractivity contribution is -0.00776. The van der Waals surface area contributed by atoms with Gasteiger partial charge in [0.15, 0.2) is 5.75 Å². The molecular weight excluding hydrogens is 320 g/mol. The second kappa shape index (κ2) is 5.88. The maximum Gasteiger partial charge on any atom is 0.410 e. The molecule has 1 saturated heterocycles. The first-order chi connectivity index (χ1) is 10.8. The van der Waals surface area contributed by atoms with Crippen LogP contribution in [0.3, 0.4) is 0 Å². The van der Waals surface area contributed by atoms with E-state index in [1.807, 2.05) is 20.8 Å². The third-order valence-corrected chi connectivity index (χ3v) is 3.61. The molecule has 0 aliphatic carbocycles. The smallest absolute Gasteiger partial charge is 0.410 e. The number of fused-ring (bicyclic) bond motifs is 1. The SMILES string of the molecule is CC(C)(C)OC(=O)N1CC(COc2cc(Cl)cn3cnnc23)C1. The lowest BCUT2D eigenvalue weighted by atomic mass is 10.0. The van der Waals surface area contributed by atoms with Crippen molar-refractivity contribution in [1.82, 2.24) is 19.5 Å². The van der Waals surface area contributed by atoms with E-state index in [9.17, 15) is 4.79 Å². The van der Waals surface area contributed by atoms with Crippen LogP contribution in [0.4, 0.5) is 4.79 Å². The Morgan fingerprint density at radius 3 is 2.87 bits per heavy atom. The van der Waals surface area contributed by atoms with E-state index in [-0.39, 0.29) is 12.0 Å². The number of amides is 1. The topological polar surface area (TPSA) is 69.0 Å². The van der Waals surface area contributed by atoms with E-state index in [1.165, 1.54) is 0 Å². The van der Waals surface area contributed by atoms with Gasteiger partial charge in [-0.05, 0) is 20.8 Å². The third kappa shape index (κ3) is 3.67. The molecule has 0 N–H and O–H groups in total. The predicted octanol–water partition coefficient (Wildman–Crippen LogP) is 2.63. The molecule has 1 aliphatic rings. The van der Waals surface area contributed by atoms with Crippen LogP contribution in [0, 0.1) is 5.92 Å². The summed E-state index contributed by atoms with van der Waals surface area (Å²) in [4.78, 5) is 13.5. The Hall–Kier alpha value is -2.02. The van der Waals surface area contributed by atoms with Crippen LogP contribution in [0.2, 0.25) is 5.02 Å².